The van der Waals surface area contributed by atoms with Gasteiger partial charge in [-0.05, 0) is 56.3 Å². The maximum absolute atomic E-state index is 11.4. The van der Waals surface area contributed by atoms with Crippen molar-refractivity contribution < 1.29 is 19.1 Å². The van der Waals surface area contributed by atoms with Crippen LogP contribution >= 0.6 is 38.6 Å². The van der Waals surface area contributed by atoms with E-state index in [9.17, 15) is 9.59 Å². The lowest BCUT2D eigenvalue weighted by atomic mass is 10.1. The van der Waals surface area contributed by atoms with Crippen LogP contribution in [0.4, 0.5) is 0 Å². The highest BCUT2D eigenvalue weighted by molar-refractivity contribution is 9.10. The minimum absolute atomic E-state index is 0.112. The van der Waals surface area contributed by atoms with E-state index in [2.05, 4.69) is 15.9 Å². The fourth-order valence-electron chi connectivity index (χ4n) is 3.77. The third-order valence-corrected chi connectivity index (χ3v) is 8.51. The summed E-state index contributed by atoms with van der Waals surface area (Å²) in [6.07, 6.45) is 0. The standard InChI is InChI=1S/C13H9BrO2S.C13H10O2S/c1-7(15)12-4-8-6-16-11-3-2-9(14)5-10(11)13(8)17-12;1-8(14)12-6-9-7-15-11-5-3-2-4-10(11)13(9)16-12/h2-5H,6H2,1H3;2-6H,7H2,1H3. The van der Waals surface area contributed by atoms with Gasteiger partial charge in [-0.15, -0.1) is 22.7 Å². The van der Waals surface area contributed by atoms with Gasteiger partial charge < -0.3 is 9.47 Å². The second-order valence-electron chi connectivity index (χ2n) is 7.76. The molecule has 0 saturated heterocycles. The Labute approximate surface area is 207 Å². The summed E-state index contributed by atoms with van der Waals surface area (Å²) in [6, 6.07) is 17.8. The quantitative estimate of drug-likeness (QED) is 0.244. The highest BCUT2D eigenvalue weighted by Crippen LogP contribution is 2.44. The largest absolute Gasteiger partial charge is 0.488 e. The molecule has 2 aliphatic heterocycles. The molecule has 0 spiro atoms. The number of ketones is 2. The first-order valence-corrected chi connectivity index (χ1v) is 12.8. The van der Waals surface area contributed by atoms with Gasteiger partial charge in [0.05, 0.1) is 9.75 Å². The van der Waals surface area contributed by atoms with Gasteiger partial charge in [0.2, 0.25) is 0 Å². The summed E-state index contributed by atoms with van der Waals surface area (Å²) in [5.41, 5.74) is 4.39. The summed E-state index contributed by atoms with van der Waals surface area (Å²) < 4.78 is 12.3. The van der Waals surface area contributed by atoms with Gasteiger partial charge in [-0.3, -0.25) is 9.59 Å². The fraction of sp³-hybridized carbons (Fsp3) is 0.154. The highest BCUT2D eigenvalue weighted by atomic mass is 79.9. The van der Waals surface area contributed by atoms with Gasteiger partial charge in [0, 0.05) is 36.5 Å². The zero-order chi connectivity index (χ0) is 23.1. The molecule has 0 bridgehead atoms. The van der Waals surface area contributed by atoms with E-state index in [0.717, 1.165) is 52.9 Å². The molecule has 166 valence electrons. The van der Waals surface area contributed by atoms with Crippen LogP contribution in [0.2, 0.25) is 0 Å². The van der Waals surface area contributed by atoms with Crippen molar-refractivity contribution >= 4 is 50.2 Å². The smallest absolute Gasteiger partial charge is 0.169 e. The lowest BCUT2D eigenvalue weighted by Gasteiger charge is -2.17. The molecule has 0 saturated carbocycles. The van der Waals surface area contributed by atoms with Crippen molar-refractivity contribution in [1.82, 2.24) is 0 Å². The topological polar surface area (TPSA) is 52.6 Å². The van der Waals surface area contributed by atoms with Gasteiger partial charge in [-0.2, -0.15) is 0 Å². The van der Waals surface area contributed by atoms with E-state index in [-0.39, 0.29) is 11.6 Å². The monoisotopic (exact) mass is 538 g/mol. The van der Waals surface area contributed by atoms with E-state index in [0.29, 0.717) is 13.2 Å². The maximum atomic E-state index is 11.4. The molecule has 2 aromatic carbocycles. The Balaban J connectivity index is 0.000000139. The van der Waals surface area contributed by atoms with Gasteiger partial charge in [0.15, 0.2) is 11.6 Å². The van der Waals surface area contributed by atoms with Crippen molar-refractivity contribution in [2.75, 3.05) is 0 Å². The molecule has 33 heavy (non-hydrogen) atoms. The summed E-state index contributed by atoms with van der Waals surface area (Å²) in [4.78, 5) is 26.7. The molecule has 4 heterocycles. The highest BCUT2D eigenvalue weighted by Gasteiger charge is 2.22. The molecule has 0 unspecified atom stereocenters. The van der Waals surface area contributed by atoms with Crippen LogP contribution in [0.1, 0.15) is 44.3 Å². The average molecular weight is 539 g/mol. The summed E-state index contributed by atoms with van der Waals surface area (Å²) in [7, 11) is 0. The summed E-state index contributed by atoms with van der Waals surface area (Å²) in [5.74, 6) is 2.03. The van der Waals surface area contributed by atoms with Crippen LogP contribution < -0.4 is 9.47 Å². The molecule has 0 fully saturated rings. The number of carbonyl (C=O) groups is 2. The Morgan fingerprint density at radius 2 is 1.30 bits per heavy atom. The lowest BCUT2D eigenvalue weighted by molar-refractivity contribution is 0.101. The average Bonchev–Trinajstić information content (AvgIpc) is 3.45. The molecule has 0 aliphatic carbocycles. The Bertz CT molecular complexity index is 1400. The number of hydrogen-bond acceptors (Lipinski definition) is 6. The molecule has 7 heteroatoms. The minimum atomic E-state index is 0.112. The maximum Gasteiger partial charge on any atom is 0.169 e. The third kappa shape index (κ3) is 4.28. The Kier molecular flexibility index (Phi) is 5.95. The third-order valence-electron chi connectivity index (χ3n) is 5.40. The number of ether oxygens (including phenoxy) is 2. The molecule has 2 aliphatic rings. The molecular formula is C26H19BrO4S2. The van der Waals surface area contributed by atoms with Crippen LogP contribution in [-0.4, -0.2) is 11.6 Å². The first-order chi connectivity index (χ1) is 15.9. The minimum Gasteiger partial charge on any atom is -0.488 e. The van der Waals surface area contributed by atoms with E-state index in [1.807, 2.05) is 54.6 Å². The van der Waals surface area contributed by atoms with E-state index in [1.165, 1.54) is 4.88 Å². The van der Waals surface area contributed by atoms with Gasteiger partial charge in [-0.1, -0.05) is 28.1 Å². The number of carbonyl (C=O) groups excluding carboxylic acids is 2. The first-order valence-electron chi connectivity index (χ1n) is 10.3. The lowest BCUT2D eigenvalue weighted by Crippen LogP contribution is -2.02. The van der Waals surface area contributed by atoms with Crippen molar-refractivity contribution in [3.8, 4) is 32.4 Å². The van der Waals surface area contributed by atoms with Crippen molar-refractivity contribution in [2.24, 2.45) is 0 Å². The van der Waals surface area contributed by atoms with E-state index in [4.69, 9.17) is 9.47 Å². The second-order valence-corrected chi connectivity index (χ2v) is 10.8. The Hall–Kier alpha value is -2.74. The molecule has 0 N–H and O–H groups in total. The predicted octanol–water partition coefficient (Wildman–Crippen LogP) is 7.78. The number of para-hydroxylation sites is 1. The van der Waals surface area contributed by atoms with Crippen LogP contribution in [-0.2, 0) is 13.2 Å². The van der Waals surface area contributed by atoms with Crippen molar-refractivity contribution in [2.45, 2.75) is 27.1 Å². The Morgan fingerprint density at radius 1 is 0.758 bits per heavy atom. The van der Waals surface area contributed by atoms with E-state index < -0.39 is 0 Å². The summed E-state index contributed by atoms with van der Waals surface area (Å²) in [5, 5.41) is 0. The van der Waals surface area contributed by atoms with Crippen molar-refractivity contribution in [1.29, 1.82) is 0 Å². The summed E-state index contributed by atoms with van der Waals surface area (Å²) >= 11 is 6.56. The molecule has 2 aromatic heterocycles. The number of halogens is 1. The van der Waals surface area contributed by atoms with Crippen LogP contribution in [0.5, 0.6) is 11.5 Å². The molecule has 6 rings (SSSR count). The number of thiophene rings is 2. The van der Waals surface area contributed by atoms with Gasteiger partial charge in [0.1, 0.15) is 24.7 Å². The summed E-state index contributed by atoms with van der Waals surface area (Å²) in [6.45, 7) is 4.31. The van der Waals surface area contributed by atoms with Crippen molar-refractivity contribution in [3.63, 3.8) is 0 Å². The number of fused-ring (bicyclic) bond motifs is 6. The van der Waals surface area contributed by atoms with Gasteiger partial charge in [0.25, 0.3) is 0 Å². The number of benzene rings is 2. The van der Waals surface area contributed by atoms with Crippen LogP contribution in [0, 0.1) is 0 Å². The first kappa shape index (κ1) is 22.1. The van der Waals surface area contributed by atoms with Crippen molar-refractivity contribution in [3.05, 3.63) is 80.0 Å². The zero-order valence-corrected chi connectivity index (χ0v) is 21.2. The molecule has 4 aromatic rings. The van der Waals surface area contributed by atoms with Gasteiger partial charge >= 0.3 is 0 Å². The van der Waals surface area contributed by atoms with E-state index >= 15 is 0 Å². The number of rotatable bonds is 2. The van der Waals surface area contributed by atoms with E-state index in [1.54, 1.807) is 36.5 Å². The molecule has 0 amide bonds. The SMILES string of the molecule is CC(=O)c1cc2c(s1)-c1cc(Br)ccc1OC2.CC(=O)c1cc2c(s1)-c1ccccc1OC2. The molecular weight excluding hydrogens is 520 g/mol. The van der Waals surface area contributed by atoms with Gasteiger partial charge in [-0.25, -0.2) is 0 Å². The molecule has 4 nitrogen and oxygen atoms in total. The van der Waals surface area contributed by atoms with Crippen LogP contribution in [0.3, 0.4) is 0 Å². The normalized spacial score (nSPS) is 12.6. The van der Waals surface area contributed by atoms with Crippen LogP contribution in [0.25, 0.3) is 20.9 Å². The second kappa shape index (κ2) is 8.89. The predicted molar refractivity (Wildman–Crippen MR) is 136 cm³/mol. The Morgan fingerprint density at radius 3 is 1.91 bits per heavy atom. The zero-order valence-electron chi connectivity index (χ0n) is 17.9. The molecule has 0 atom stereocenters. The molecule has 0 radical (unpaired) electrons. The number of Topliss-reactive ketones (excluding diaryl/α,β-unsaturated/α-hetero) is 2. The fourth-order valence-corrected chi connectivity index (χ4v) is 6.31. The number of hydrogen-bond donors (Lipinski definition) is 0. The van der Waals surface area contributed by atoms with Crippen LogP contribution in [0.15, 0.2) is 59.1 Å².